The Kier molecular flexibility index (Phi) is 14.5. The van der Waals surface area contributed by atoms with Crippen molar-refractivity contribution in [2.45, 2.75) is 46.6 Å². The average molecular weight is 476 g/mol. The molecule has 26 heavy (non-hydrogen) atoms. The van der Waals surface area contributed by atoms with Crippen LogP contribution in [0.3, 0.4) is 0 Å². The zero-order valence-corrected chi connectivity index (χ0v) is 19.4. The zero-order valence-electron chi connectivity index (χ0n) is 17.0. The standard InChI is InChI=1S/C20H36N4O.HI/c1-6-24(7-2)15-8-9-18(4)23-20(21-5)22-14-16-25-19-12-10-17(3)11-13-19;/h10-13,18H,6-9,14-16H2,1-5H3,(H2,21,22,23);1H. The van der Waals surface area contributed by atoms with Crippen molar-refractivity contribution in [1.29, 1.82) is 0 Å². The maximum Gasteiger partial charge on any atom is 0.191 e. The van der Waals surface area contributed by atoms with E-state index in [0.29, 0.717) is 12.6 Å². The van der Waals surface area contributed by atoms with Crippen molar-refractivity contribution in [2.24, 2.45) is 4.99 Å². The van der Waals surface area contributed by atoms with Gasteiger partial charge in [0.2, 0.25) is 0 Å². The van der Waals surface area contributed by atoms with Gasteiger partial charge in [0, 0.05) is 13.1 Å². The van der Waals surface area contributed by atoms with Crippen LogP contribution in [0.5, 0.6) is 5.75 Å². The number of rotatable bonds is 11. The molecule has 1 aromatic carbocycles. The van der Waals surface area contributed by atoms with Gasteiger partial charge in [0.15, 0.2) is 5.96 Å². The molecule has 1 atom stereocenters. The van der Waals surface area contributed by atoms with Gasteiger partial charge < -0.3 is 20.3 Å². The number of halogens is 1. The summed E-state index contributed by atoms with van der Waals surface area (Å²) in [5, 5.41) is 6.75. The molecule has 0 amide bonds. The molecule has 0 radical (unpaired) electrons. The topological polar surface area (TPSA) is 48.9 Å². The van der Waals surface area contributed by atoms with Crippen molar-refractivity contribution < 1.29 is 4.74 Å². The normalized spacial score (nSPS) is 12.5. The minimum absolute atomic E-state index is 0. The Morgan fingerprint density at radius 3 is 2.42 bits per heavy atom. The summed E-state index contributed by atoms with van der Waals surface area (Å²) in [5.74, 6) is 1.74. The van der Waals surface area contributed by atoms with Gasteiger partial charge in [-0.05, 0) is 58.5 Å². The number of nitrogens with zero attached hydrogens (tertiary/aromatic N) is 2. The van der Waals surface area contributed by atoms with Crippen LogP contribution in [0, 0.1) is 6.92 Å². The molecule has 0 aromatic heterocycles. The van der Waals surface area contributed by atoms with Gasteiger partial charge in [-0.15, -0.1) is 24.0 Å². The lowest BCUT2D eigenvalue weighted by molar-refractivity contribution is 0.292. The second-order valence-electron chi connectivity index (χ2n) is 6.38. The number of aliphatic imine (C=N–C) groups is 1. The Labute approximate surface area is 177 Å². The van der Waals surface area contributed by atoms with E-state index in [2.05, 4.69) is 60.4 Å². The molecule has 0 aliphatic carbocycles. The molecule has 0 heterocycles. The highest BCUT2D eigenvalue weighted by Gasteiger charge is 2.06. The largest absolute Gasteiger partial charge is 0.492 e. The van der Waals surface area contributed by atoms with E-state index in [4.69, 9.17) is 4.74 Å². The van der Waals surface area contributed by atoms with E-state index < -0.39 is 0 Å². The van der Waals surface area contributed by atoms with Crippen molar-refractivity contribution in [3.05, 3.63) is 29.8 Å². The predicted molar refractivity (Wildman–Crippen MR) is 123 cm³/mol. The van der Waals surface area contributed by atoms with Crippen molar-refractivity contribution in [1.82, 2.24) is 15.5 Å². The van der Waals surface area contributed by atoms with Gasteiger partial charge in [0.1, 0.15) is 12.4 Å². The predicted octanol–water partition coefficient (Wildman–Crippen LogP) is 3.67. The minimum Gasteiger partial charge on any atom is -0.492 e. The Balaban J connectivity index is 0.00000625. The highest BCUT2D eigenvalue weighted by atomic mass is 127. The molecule has 0 spiro atoms. The van der Waals surface area contributed by atoms with E-state index in [-0.39, 0.29) is 24.0 Å². The molecule has 1 unspecified atom stereocenters. The monoisotopic (exact) mass is 476 g/mol. The zero-order chi connectivity index (χ0) is 18.5. The van der Waals surface area contributed by atoms with Crippen LogP contribution in [-0.4, -0.2) is 56.7 Å². The van der Waals surface area contributed by atoms with E-state index in [1.165, 1.54) is 12.0 Å². The van der Waals surface area contributed by atoms with Crippen LogP contribution < -0.4 is 15.4 Å². The van der Waals surface area contributed by atoms with E-state index >= 15 is 0 Å². The number of ether oxygens (including phenoxy) is 1. The van der Waals surface area contributed by atoms with Crippen LogP contribution in [0.15, 0.2) is 29.3 Å². The Bertz CT molecular complexity index is 489. The fourth-order valence-electron chi connectivity index (χ4n) is 2.63. The molecular formula is C20H37IN4O. The molecule has 1 rings (SSSR count). The molecule has 150 valence electrons. The first-order chi connectivity index (χ1) is 12.1. The summed E-state index contributed by atoms with van der Waals surface area (Å²) in [6.45, 7) is 13.5. The summed E-state index contributed by atoms with van der Waals surface area (Å²) in [4.78, 5) is 6.75. The summed E-state index contributed by atoms with van der Waals surface area (Å²) in [5.41, 5.74) is 1.24. The summed E-state index contributed by atoms with van der Waals surface area (Å²) < 4.78 is 5.73. The number of aryl methyl sites for hydroxylation is 1. The highest BCUT2D eigenvalue weighted by Crippen LogP contribution is 2.10. The summed E-state index contributed by atoms with van der Waals surface area (Å²) in [6.07, 6.45) is 2.33. The van der Waals surface area contributed by atoms with E-state index in [9.17, 15) is 0 Å². The van der Waals surface area contributed by atoms with Crippen molar-refractivity contribution in [2.75, 3.05) is 39.8 Å². The van der Waals surface area contributed by atoms with Crippen molar-refractivity contribution in [3.63, 3.8) is 0 Å². The van der Waals surface area contributed by atoms with Crippen LogP contribution in [0.4, 0.5) is 0 Å². The SMILES string of the molecule is CCN(CC)CCCC(C)NC(=NC)NCCOc1ccc(C)cc1.I. The van der Waals surface area contributed by atoms with E-state index in [1.807, 2.05) is 12.1 Å². The lowest BCUT2D eigenvalue weighted by Gasteiger charge is -2.21. The van der Waals surface area contributed by atoms with Crippen LogP contribution in [-0.2, 0) is 0 Å². The van der Waals surface area contributed by atoms with Crippen LogP contribution in [0.25, 0.3) is 0 Å². The molecule has 0 fully saturated rings. The van der Waals surface area contributed by atoms with Gasteiger partial charge >= 0.3 is 0 Å². The summed E-state index contributed by atoms with van der Waals surface area (Å²) in [7, 11) is 1.80. The fraction of sp³-hybridized carbons (Fsp3) is 0.650. The maximum absolute atomic E-state index is 5.73. The van der Waals surface area contributed by atoms with Crippen LogP contribution in [0.2, 0.25) is 0 Å². The summed E-state index contributed by atoms with van der Waals surface area (Å²) in [6, 6.07) is 8.52. The first-order valence-corrected chi connectivity index (χ1v) is 9.48. The summed E-state index contributed by atoms with van der Waals surface area (Å²) >= 11 is 0. The van der Waals surface area contributed by atoms with Gasteiger partial charge in [-0.1, -0.05) is 31.5 Å². The second-order valence-corrected chi connectivity index (χ2v) is 6.38. The fourth-order valence-corrected chi connectivity index (χ4v) is 2.63. The number of guanidine groups is 1. The molecule has 6 heteroatoms. The molecule has 0 aliphatic heterocycles. The Morgan fingerprint density at radius 1 is 1.19 bits per heavy atom. The third-order valence-corrected chi connectivity index (χ3v) is 4.30. The number of hydrogen-bond acceptors (Lipinski definition) is 3. The lowest BCUT2D eigenvalue weighted by atomic mass is 10.2. The number of benzene rings is 1. The molecule has 0 aliphatic rings. The lowest BCUT2D eigenvalue weighted by Crippen LogP contribution is -2.43. The molecule has 1 aromatic rings. The minimum atomic E-state index is 0. The molecule has 0 saturated heterocycles. The second kappa shape index (κ2) is 15.1. The van der Waals surface area contributed by atoms with Crippen molar-refractivity contribution >= 4 is 29.9 Å². The molecule has 0 saturated carbocycles. The van der Waals surface area contributed by atoms with E-state index in [1.54, 1.807) is 7.05 Å². The third-order valence-electron chi connectivity index (χ3n) is 4.30. The Morgan fingerprint density at radius 2 is 1.85 bits per heavy atom. The smallest absolute Gasteiger partial charge is 0.191 e. The molecule has 0 bridgehead atoms. The first kappa shape index (κ1) is 25.0. The van der Waals surface area contributed by atoms with Gasteiger partial charge in [-0.25, -0.2) is 0 Å². The maximum atomic E-state index is 5.73. The first-order valence-electron chi connectivity index (χ1n) is 9.48. The number of hydrogen-bond donors (Lipinski definition) is 2. The van der Waals surface area contributed by atoms with Crippen LogP contribution in [0.1, 0.15) is 39.2 Å². The van der Waals surface area contributed by atoms with Gasteiger partial charge in [0.05, 0.1) is 6.54 Å². The number of nitrogens with one attached hydrogen (secondary N) is 2. The van der Waals surface area contributed by atoms with Gasteiger partial charge in [-0.3, -0.25) is 4.99 Å². The third kappa shape index (κ3) is 10.9. The molecular weight excluding hydrogens is 439 g/mol. The molecule has 2 N–H and O–H groups in total. The quantitative estimate of drug-likeness (QED) is 0.222. The van der Waals surface area contributed by atoms with Crippen molar-refractivity contribution in [3.8, 4) is 5.75 Å². The highest BCUT2D eigenvalue weighted by molar-refractivity contribution is 14.0. The molecule has 5 nitrogen and oxygen atoms in total. The van der Waals surface area contributed by atoms with Gasteiger partial charge in [0.25, 0.3) is 0 Å². The van der Waals surface area contributed by atoms with E-state index in [0.717, 1.165) is 44.3 Å². The van der Waals surface area contributed by atoms with Crippen LogP contribution >= 0.6 is 24.0 Å². The van der Waals surface area contributed by atoms with Gasteiger partial charge in [-0.2, -0.15) is 0 Å². The average Bonchev–Trinajstić information content (AvgIpc) is 2.62. The Hall–Kier alpha value is -1.02.